The molecular weight excluding hydrogens is 287 g/mol. The van der Waals surface area contributed by atoms with Crippen LogP contribution >= 0.6 is 0 Å². The average Bonchev–Trinajstić information content (AvgIpc) is 2.87. The summed E-state index contributed by atoms with van der Waals surface area (Å²) >= 11 is 0. The van der Waals surface area contributed by atoms with Crippen molar-refractivity contribution in [1.82, 2.24) is 10.2 Å². The molecule has 1 aromatic heterocycles. The Balaban J connectivity index is 2.38. The first kappa shape index (κ1) is 14.2. The molecule has 108 valence electrons. The smallest absolute Gasteiger partial charge is 0.320 e. The summed E-state index contributed by atoms with van der Waals surface area (Å²) < 4.78 is 70.3. The van der Waals surface area contributed by atoms with Gasteiger partial charge in [-0.1, -0.05) is 5.10 Å². The van der Waals surface area contributed by atoms with E-state index in [4.69, 9.17) is 10.2 Å². The van der Waals surface area contributed by atoms with Crippen LogP contribution in [-0.2, 0) is 6.42 Å². The minimum atomic E-state index is -2.25. The van der Waals surface area contributed by atoms with Crippen molar-refractivity contribution in [1.29, 1.82) is 0 Å². The van der Waals surface area contributed by atoms with Crippen molar-refractivity contribution >= 4 is 11.7 Å². The average molecular weight is 294 g/mol. The van der Waals surface area contributed by atoms with E-state index in [2.05, 4.69) is 10.2 Å². The van der Waals surface area contributed by atoms with E-state index in [-0.39, 0.29) is 18.9 Å². The predicted octanol–water partition coefficient (Wildman–Crippen LogP) is 2.01. The van der Waals surface area contributed by atoms with Gasteiger partial charge in [0.2, 0.25) is 11.7 Å². The summed E-state index contributed by atoms with van der Waals surface area (Å²) in [5.41, 5.74) is 3.94. The molecule has 0 aliphatic heterocycles. The molecule has 2 aromatic rings. The Morgan fingerprint density at radius 2 is 1.45 bits per heavy atom. The summed E-state index contributed by atoms with van der Waals surface area (Å²) in [6, 6.07) is -0.517. The van der Waals surface area contributed by atoms with Crippen LogP contribution in [0, 0.1) is 29.1 Å². The molecule has 0 unspecified atom stereocenters. The van der Waals surface area contributed by atoms with Gasteiger partial charge in [-0.2, -0.15) is 0 Å². The van der Waals surface area contributed by atoms with Gasteiger partial charge in [-0.15, -0.1) is 5.10 Å². The Hall–Kier alpha value is -2.23. The highest BCUT2D eigenvalue weighted by atomic mass is 19.2. The zero-order valence-corrected chi connectivity index (χ0v) is 9.68. The van der Waals surface area contributed by atoms with Crippen LogP contribution in [0.3, 0.4) is 0 Å². The number of halogens is 5. The second-order valence-electron chi connectivity index (χ2n) is 3.61. The van der Waals surface area contributed by atoms with Crippen LogP contribution in [0.5, 0.6) is 0 Å². The lowest BCUT2D eigenvalue weighted by Gasteiger charge is -2.07. The predicted molar refractivity (Wildman–Crippen MR) is 56.6 cm³/mol. The minimum Gasteiger partial charge on any atom is -0.408 e. The molecule has 2 rings (SSSR count). The molecule has 0 radical (unpaired) electrons. The standard InChI is InChI=1S/C10H7F5N4O/c11-4-5(12)7(14)9(8(15)6(4)13)17-10-19-18-3(20-10)1-2-16/h1-2,16H2,(H,17,19). The van der Waals surface area contributed by atoms with Gasteiger partial charge >= 0.3 is 6.01 Å². The van der Waals surface area contributed by atoms with E-state index in [9.17, 15) is 22.0 Å². The fourth-order valence-electron chi connectivity index (χ4n) is 1.35. The first-order valence-electron chi connectivity index (χ1n) is 5.26. The number of hydrogen-bond acceptors (Lipinski definition) is 5. The third-order valence-electron chi connectivity index (χ3n) is 2.27. The fraction of sp³-hybridized carbons (Fsp3) is 0.200. The van der Waals surface area contributed by atoms with Gasteiger partial charge in [0, 0.05) is 13.0 Å². The van der Waals surface area contributed by atoms with Crippen molar-refractivity contribution < 1.29 is 26.4 Å². The van der Waals surface area contributed by atoms with Crippen LogP contribution < -0.4 is 11.1 Å². The maximum atomic E-state index is 13.3. The summed E-state index contributed by atoms with van der Waals surface area (Å²) in [6.07, 6.45) is 0.200. The van der Waals surface area contributed by atoms with Gasteiger partial charge in [0.1, 0.15) is 5.69 Å². The summed E-state index contributed by atoms with van der Waals surface area (Å²) in [6.45, 7) is 0.185. The van der Waals surface area contributed by atoms with Gasteiger partial charge in [-0.25, -0.2) is 22.0 Å². The first-order chi connectivity index (χ1) is 9.45. The van der Waals surface area contributed by atoms with Crippen molar-refractivity contribution in [2.45, 2.75) is 6.42 Å². The van der Waals surface area contributed by atoms with Gasteiger partial charge in [0.25, 0.3) is 0 Å². The lowest BCUT2D eigenvalue weighted by Crippen LogP contribution is -2.07. The van der Waals surface area contributed by atoms with Crippen molar-refractivity contribution in [2.24, 2.45) is 5.73 Å². The number of anilines is 2. The van der Waals surface area contributed by atoms with Crippen molar-refractivity contribution in [2.75, 3.05) is 11.9 Å². The Morgan fingerprint density at radius 1 is 0.900 bits per heavy atom. The zero-order chi connectivity index (χ0) is 14.9. The molecular formula is C10H7F5N4O. The number of benzene rings is 1. The highest BCUT2D eigenvalue weighted by Crippen LogP contribution is 2.29. The third kappa shape index (κ3) is 2.41. The first-order valence-corrected chi connectivity index (χ1v) is 5.26. The summed E-state index contributed by atoms with van der Waals surface area (Å²) in [5.74, 6) is -10.4. The van der Waals surface area contributed by atoms with Crippen LogP contribution in [0.4, 0.5) is 33.7 Å². The molecule has 3 N–H and O–H groups in total. The van der Waals surface area contributed by atoms with E-state index in [1.54, 1.807) is 0 Å². The lowest BCUT2D eigenvalue weighted by molar-refractivity contribution is 0.381. The maximum Gasteiger partial charge on any atom is 0.320 e. The zero-order valence-electron chi connectivity index (χ0n) is 9.68. The molecule has 0 amide bonds. The molecule has 20 heavy (non-hydrogen) atoms. The topological polar surface area (TPSA) is 77.0 Å². The fourth-order valence-corrected chi connectivity index (χ4v) is 1.35. The van der Waals surface area contributed by atoms with E-state index in [0.717, 1.165) is 0 Å². The van der Waals surface area contributed by atoms with Gasteiger partial charge in [0.05, 0.1) is 0 Å². The Morgan fingerprint density at radius 3 is 2.00 bits per heavy atom. The highest BCUT2D eigenvalue weighted by Gasteiger charge is 2.26. The van der Waals surface area contributed by atoms with Gasteiger partial charge in [-0.05, 0) is 0 Å². The molecule has 1 aromatic carbocycles. The molecule has 0 spiro atoms. The second-order valence-corrected chi connectivity index (χ2v) is 3.61. The molecule has 10 heteroatoms. The molecule has 0 bridgehead atoms. The van der Waals surface area contributed by atoms with E-state index in [1.807, 2.05) is 5.32 Å². The van der Waals surface area contributed by atoms with Crippen LogP contribution in [0.1, 0.15) is 5.89 Å². The maximum absolute atomic E-state index is 13.3. The summed E-state index contributed by atoms with van der Waals surface area (Å²) in [7, 11) is 0. The van der Waals surface area contributed by atoms with Crippen LogP contribution in [0.15, 0.2) is 4.42 Å². The number of hydrogen-bond donors (Lipinski definition) is 2. The number of nitrogens with one attached hydrogen (secondary N) is 1. The van der Waals surface area contributed by atoms with E-state index < -0.39 is 40.8 Å². The number of nitrogens with zero attached hydrogens (tertiary/aromatic N) is 2. The number of nitrogens with two attached hydrogens (primary N) is 1. The summed E-state index contributed by atoms with van der Waals surface area (Å²) in [4.78, 5) is 0. The van der Waals surface area contributed by atoms with Crippen molar-refractivity contribution in [3.63, 3.8) is 0 Å². The Labute approximate surface area is 108 Å². The van der Waals surface area contributed by atoms with Gasteiger partial charge in [-0.3, -0.25) is 0 Å². The van der Waals surface area contributed by atoms with Crippen LogP contribution in [0.25, 0.3) is 0 Å². The van der Waals surface area contributed by atoms with E-state index in [0.29, 0.717) is 0 Å². The second kappa shape index (κ2) is 5.41. The normalized spacial score (nSPS) is 10.9. The van der Waals surface area contributed by atoms with Crippen molar-refractivity contribution in [3.05, 3.63) is 35.0 Å². The lowest BCUT2D eigenvalue weighted by atomic mass is 10.2. The molecule has 0 saturated carbocycles. The minimum absolute atomic E-state index is 0.0545. The van der Waals surface area contributed by atoms with Crippen molar-refractivity contribution in [3.8, 4) is 0 Å². The SMILES string of the molecule is NCCc1nnc(Nc2c(F)c(F)c(F)c(F)c2F)o1. The molecule has 1 heterocycles. The number of aromatic nitrogens is 2. The monoisotopic (exact) mass is 294 g/mol. The number of rotatable bonds is 4. The highest BCUT2D eigenvalue weighted by molar-refractivity contribution is 5.54. The van der Waals surface area contributed by atoms with E-state index >= 15 is 0 Å². The molecule has 0 fully saturated rings. The largest absolute Gasteiger partial charge is 0.408 e. The quantitative estimate of drug-likeness (QED) is 0.512. The third-order valence-corrected chi connectivity index (χ3v) is 2.27. The van der Waals surface area contributed by atoms with Gasteiger partial charge in [0.15, 0.2) is 23.3 Å². The molecule has 5 nitrogen and oxygen atoms in total. The Kier molecular flexibility index (Phi) is 3.84. The van der Waals surface area contributed by atoms with Crippen LogP contribution in [0.2, 0.25) is 0 Å². The summed E-state index contributed by atoms with van der Waals surface area (Å²) in [5, 5.41) is 8.65. The molecule has 0 saturated heterocycles. The molecule has 0 aliphatic rings. The molecule has 0 aliphatic carbocycles. The molecule has 0 atom stereocenters. The Bertz CT molecular complexity index is 616. The van der Waals surface area contributed by atoms with Crippen LogP contribution in [-0.4, -0.2) is 16.7 Å². The van der Waals surface area contributed by atoms with Gasteiger partial charge < -0.3 is 15.5 Å². The van der Waals surface area contributed by atoms with E-state index in [1.165, 1.54) is 0 Å².